The molecular formula is C15H19NO4S. The first-order valence-corrected chi connectivity index (χ1v) is 8.77. The van der Waals surface area contributed by atoms with Crippen molar-refractivity contribution in [2.45, 2.75) is 32.3 Å². The van der Waals surface area contributed by atoms with Gasteiger partial charge in [0.15, 0.2) is 0 Å². The van der Waals surface area contributed by atoms with Crippen molar-refractivity contribution in [2.75, 3.05) is 11.0 Å². The molecule has 0 amide bonds. The number of ether oxygens (including phenoxy) is 1. The Balaban J connectivity index is 2.33. The molecule has 0 aromatic heterocycles. The lowest BCUT2D eigenvalue weighted by atomic mass is 9.97. The van der Waals surface area contributed by atoms with Gasteiger partial charge in [0, 0.05) is 17.3 Å². The van der Waals surface area contributed by atoms with Gasteiger partial charge >= 0.3 is 5.97 Å². The smallest absolute Gasteiger partial charge is 0.331 e. The van der Waals surface area contributed by atoms with E-state index in [-0.39, 0.29) is 5.97 Å². The summed E-state index contributed by atoms with van der Waals surface area (Å²) in [5.41, 5.74) is 2.38. The topological polar surface area (TPSA) is 72.5 Å². The van der Waals surface area contributed by atoms with Crippen molar-refractivity contribution < 1.29 is 17.9 Å². The molecule has 1 aromatic rings. The Bertz CT molecular complexity index is 664. The average Bonchev–Trinajstić information content (AvgIpc) is 2.82. The number of benzene rings is 1. The predicted octanol–water partition coefficient (Wildman–Crippen LogP) is 2.55. The second-order valence-electron chi connectivity index (χ2n) is 5.11. The van der Waals surface area contributed by atoms with Crippen LogP contribution in [-0.4, -0.2) is 20.6 Å². The van der Waals surface area contributed by atoms with E-state index >= 15 is 0 Å². The van der Waals surface area contributed by atoms with Crippen LogP contribution in [0.5, 0.6) is 0 Å². The molecule has 0 spiro atoms. The number of carbonyl (C=O) groups excluding carboxylic acids is 1. The molecule has 1 unspecified atom stereocenters. The summed E-state index contributed by atoms with van der Waals surface area (Å²) in [6.45, 7) is 2.11. The normalized spacial score (nSPS) is 17.8. The molecule has 0 saturated carbocycles. The van der Waals surface area contributed by atoms with E-state index in [0.717, 1.165) is 36.6 Å². The van der Waals surface area contributed by atoms with Gasteiger partial charge in [0.25, 0.3) is 0 Å². The summed E-state index contributed by atoms with van der Waals surface area (Å²) in [5.74, 6) is -0.372. The minimum atomic E-state index is -3.33. The zero-order chi connectivity index (χ0) is 15.5. The van der Waals surface area contributed by atoms with Gasteiger partial charge < -0.3 is 4.74 Å². The standard InChI is InChI=1S/C15H19NO4S/c1-3-4-5-11-6-7-12(16-21(2,18)19)10-13(11)14-8-9-15(17)20-14/h6-10,14,16H,3-5H2,1-2H3. The number of carbonyl (C=O) groups is 1. The average molecular weight is 309 g/mol. The number of esters is 1. The van der Waals surface area contributed by atoms with Crippen LogP contribution in [0.15, 0.2) is 30.4 Å². The van der Waals surface area contributed by atoms with E-state index in [4.69, 9.17) is 4.74 Å². The Morgan fingerprint density at radius 1 is 1.33 bits per heavy atom. The summed E-state index contributed by atoms with van der Waals surface area (Å²) < 4.78 is 30.3. The molecule has 1 aromatic carbocycles. The highest BCUT2D eigenvalue weighted by Crippen LogP contribution is 2.30. The molecule has 6 heteroatoms. The number of nitrogens with one attached hydrogen (secondary N) is 1. The SMILES string of the molecule is CCCCc1ccc(NS(C)(=O)=O)cc1C1C=CC(=O)O1. The zero-order valence-corrected chi connectivity index (χ0v) is 12.9. The number of anilines is 1. The van der Waals surface area contributed by atoms with Crippen LogP contribution < -0.4 is 4.72 Å². The molecule has 114 valence electrons. The van der Waals surface area contributed by atoms with Gasteiger partial charge in [-0.15, -0.1) is 0 Å². The largest absolute Gasteiger partial charge is 0.450 e. The van der Waals surface area contributed by atoms with E-state index in [1.54, 1.807) is 18.2 Å². The summed E-state index contributed by atoms with van der Waals surface area (Å²) in [6, 6.07) is 5.36. The van der Waals surface area contributed by atoms with Crippen molar-refractivity contribution >= 4 is 21.7 Å². The van der Waals surface area contributed by atoms with Gasteiger partial charge in [-0.3, -0.25) is 4.72 Å². The lowest BCUT2D eigenvalue weighted by molar-refractivity contribution is -0.138. The Kier molecular flexibility index (Phi) is 4.67. The maximum atomic E-state index is 11.3. The molecule has 0 fully saturated rings. The first kappa shape index (κ1) is 15.6. The Labute approximate surface area is 125 Å². The third-order valence-electron chi connectivity index (χ3n) is 3.21. The van der Waals surface area contributed by atoms with Gasteiger partial charge in [-0.1, -0.05) is 19.4 Å². The first-order valence-electron chi connectivity index (χ1n) is 6.88. The van der Waals surface area contributed by atoms with E-state index in [2.05, 4.69) is 11.6 Å². The molecular weight excluding hydrogens is 290 g/mol. The number of hydrogen-bond acceptors (Lipinski definition) is 4. The van der Waals surface area contributed by atoms with Gasteiger partial charge in [0.2, 0.25) is 10.0 Å². The Morgan fingerprint density at radius 3 is 2.67 bits per heavy atom. The monoisotopic (exact) mass is 309 g/mol. The van der Waals surface area contributed by atoms with Gasteiger partial charge in [-0.05, 0) is 36.6 Å². The molecule has 1 aliphatic heterocycles. The fourth-order valence-corrected chi connectivity index (χ4v) is 2.82. The van der Waals surface area contributed by atoms with E-state index < -0.39 is 16.1 Å². The highest BCUT2D eigenvalue weighted by molar-refractivity contribution is 7.92. The number of cyclic esters (lactones) is 1. The van der Waals surface area contributed by atoms with E-state index in [1.807, 2.05) is 6.07 Å². The van der Waals surface area contributed by atoms with Crippen molar-refractivity contribution in [1.82, 2.24) is 0 Å². The van der Waals surface area contributed by atoms with Crippen LogP contribution in [0.4, 0.5) is 5.69 Å². The Hall–Kier alpha value is -1.82. The quantitative estimate of drug-likeness (QED) is 0.820. The van der Waals surface area contributed by atoms with Crippen molar-refractivity contribution in [2.24, 2.45) is 0 Å². The number of aryl methyl sites for hydroxylation is 1. The number of hydrogen-bond donors (Lipinski definition) is 1. The second-order valence-corrected chi connectivity index (χ2v) is 6.86. The van der Waals surface area contributed by atoms with Gasteiger partial charge in [0.1, 0.15) is 6.10 Å². The molecule has 0 aliphatic carbocycles. The third kappa shape index (κ3) is 4.32. The predicted molar refractivity (Wildman–Crippen MR) is 81.5 cm³/mol. The molecule has 5 nitrogen and oxygen atoms in total. The Morgan fingerprint density at radius 2 is 2.10 bits per heavy atom. The van der Waals surface area contributed by atoms with Crippen LogP contribution in [0.25, 0.3) is 0 Å². The van der Waals surface area contributed by atoms with Crippen LogP contribution >= 0.6 is 0 Å². The number of unbranched alkanes of at least 4 members (excludes halogenated alkanes) is 1. The summed E-state index contributed by atoms with van der Waals surface area (Å²) in [4.78, 5) is 11.2. The van der Waals surface area contributed by atoms with Crippen LogP contribution in [0.3, 0.4) is 0 Å². The van der Waals surface area contributed by atoms with E-state index in [9.17, 15) is 13.2 Å². The highest BCUT2D eigenvalue weighted by atomic mass is 32.2. The maximum Gasteiger partial charge on any atom is 0.331 e. The fraction of sp³-hybridized carbons (Fsp3) is 0.400. The molecule has 21 heavy (non-hydrogen) atoms. The van der Waals surface area contributed by atoms with Gasteiger partial charge in [-0.2, -0.15) is 0 Å². The number of sulfonamides is 1. The maximum absolute atomic E-state index is 11.3. The lowest BCUT2D eigenvalue weighted by Crippen LogP contribution is -2.11. The van der Waals surface area contributed by atoms with Crippen molar-refractivity contribution in [3.05, 3.63) is 41.5 Å². The van der Waals surface area contributed by atoms with Crippen molar-refractivity contribution in [3.8, 4) is 0 Å². The van der Waals surface area contributed by atoms with Gasteiger partial charge in [0.05, 0.1) is 6.26 Å². The summed E-state index contributed by atoms with van der Waals surface area (Å²) in [7, 11) is -3.33. The van der Waals surface area contributed by atoms with Gasteiger partial charge in [-0.25, -0.2) is 13.2 Å². The molecule has 1 heterocycles. The van der Waals surface area contributed by atoms with Crippen molar-refractivity contribution in [1.29, 1.82) is 0 Å². The molecule has 1 aliphatic rings. The fourth-order valence-electron chi connectivity index (χ4n) is 2.27. The van der Waals surface area contributed by atoms with Crippen LogP contribution in [0.1, 0.15) is 37.0 Å². The lowest BCUT2D eigenvalue weighted by Gasteiger charge is -2.16. The van der Waals surface area contributed by atoms with E-state index in [0.29, 0.717) is 5.69 Å². The third-order valence-corrected chi connectivity index (χ3v) is 3.81. The molecule has 1 atom stereocenters. The summed E-state index contributed by atoms with van der Waals surface area (Å²) >= 11 is 0. The minimum Gasteiger partial charge on any atom is -0.450 e. The van der Waals surface area contributed by atoms with Crippen molar-refractivity contribution in [3.63, 3.8) is 0 Å². The van der Waals surface area contributed by atoms with Crippen LogP contribution in [0.2, 0.25) is 0 Å². The van der Waals surface area contributed by atoms with Crippen LogP contribution in [0, 0.1) is 0 Å². The molecule has 0 saturated heterocycles. The molecule has 1 N–H and O–H groups in total. The first-order chi connectivity index (χ1) is 9.89. The summed E-state index contributed by atoms with van der Waals surface area (Å²) in [5, 5.41) is 0. The minimum absolute atomic E-state index is 0.372. The number of rotatable bonds is 6. The van der Waals surface area contributed by atoms with E-state index in [1.165, 1.54) is 6.08 Å². The zero-order valence-electron chi connectivity index (χ0n) is 12.1. The second kappa shape index (κ2) is 6.30. The van der Waals surface area contributed by atoms with Crippen LogP contribution in [-0.2, 0) is 26.0 Å². The summed E-state index contributed by atoms with van der Waals surface area (Å²) in [6.07, 6.45) is 6.70. The molecule has 2 rings (SSSR count). The molecule has 0 bridgehead atoms. The highest BCUT2D eigenvalue weighted by Gasteiger charge is 2.22. The molecule has 0 radical (unpaired) electrons.